The van der Waals surface area contributed by atoms with Crippen LogP contribution in [-0.4, -0.2) is 144 Å². The van der Waals surface area contributed by atoms with Crippen molar-refractivity contribution in [3.63, 3.8) is 0 Å². The van der Waals surface area contributed by atoms with E-state index in [0.29, 0.717) is 76.4 Å². The van der Waals surface area contributed by atoms with E-state index in [1.807, 2.05) is 12.1 Å². The number of hydrogen-bond donors (Lipinski definition) is 7. The first-order valence-electron chi connectivity index (χ1n) is 30.8. The molecule has 3 heterocycles. The van der Waals surface area contributed by atoms with E-state index >= 15 is 0 Å². The number of carbonyl (C=O) groups is 9. The van der Waals surface area contributed by atoms with Crippen LogP contribution in [0.1, 0.15) is 114 Å². The third kappa shape index (κ3) is 17.8. The van der Waals surface area contributed by atoms with Gasteiger partial charge in [0.1, 0.15) is 23.9 Å². The van der Waals surface area contributed by atoms with Gasteiger partial charge in [0.2, 0.25) is 11.8 Å². The normalized spacial score (nSPS) is 15.2. The summed E-state index contributed by atoms with van der Waals surface area (Å²) in [4.78, 5) is 146. The monoisotopic (exact) mass is 1370 g/mol. The van der Waals surface area contributed by atoms with Crippen LogP contribution in [0.15, 0.2) is 97.1 Å². The van der Waals surface area contributed by atoms with Gasteiger partial charge in [-0.15, -0.1) is 34.5 Å². The Balaban J connectivity index is 0.872. The number of anilines is 3. The minimum Gasteiger partial charge on any atom is -0.445 e. The second-order valence-corrected chi connectivity index (χ2v) is 26.7. The van der Waals surface area contributed by atoms with Crippen LogP contribution in [0.25, 0.3) is 21.5 Å². The summed E-state index contributed by atoms with van der Waals surface area (Å²) in [6.45, 7) is 5.81. The highest BCUT2D eigenvalue weighted by atomic mass is 35.5. The zero-order chi connectivity index (χ0) is 68.1. The summed E-state index contributed by atoms with van der Waals surface area (Å²) < 4.78 is 28.8. The molecule has 0 saturated heterocycles. The summed E-state index contributed by atoms with van der Waals surface area (Å²) in [5, 5.41) is 10.5. The lowest BCUT2D eigenvalue weighted by Crippen LogP contribution is -2.48. The predicted molar refractivity (Wildman–Crippen MR) is 360 cm³/mol. The fraction of sp³-hybridized carbons (Fsp3) is 0.409. The molecule has 94 heavy (non-hydrogen) atoms. The SMILES string of the molecule is CC(=O)C[C@@H](CCCCN)C(=O)N[C@H](C(=O)C[C@@H](CCCNC(N)=O)C(=O)Nc1ccc(COC(=O)N(C)CCN(C)C(=O)Oc2cc3c(c4ccccc24)[C@H](CCl)CN3C(=O)c2ccc(C(=O)N3C[C@@H](CCl)c4c3cc(OP(=O)(O)O)c3ccccc43)s2)cc1)C(C)C. The molecule has 1 aromatic heterocycles. The Hall–Kier alpha value is -8.16. The molecule has 0 radical (unpaired) electrons. The second-order valence-electron chi connectivity index (χ2n) is 23.9. The van der Waals surface area contributed by atoms with E-state index < -0.39 is 67.5 Å². The van der Waals surface area contributed by atoms with E-state index in [2.05, 4.69) is 16.0 Å². The number of fused-ring (bicyclic) bond motifs is 6. The van der Waals surface area contributed by atoms with Crippen molar-refractivity contribution in [3.8, 4) is 11.5 Å². The van der Waals surface area contributed by atoms with Crippen LogP contribution in [0.3, 0.4) is 0 Å². The van der Waals surface area contributed by atoms with Gasteiger partial charge in [0.15, 0.2) is 5.78 Å². The van der Waals surface area contributed by atoms with Crippen molar-refractivity contribution in [2.75, 3.05) is 80.2 Å². The van der Waals surface area contributed by atoms with Gasteiger partial charge in [-0.1, -0.05) is 80.9 Å². The number of amides is 8. The maximum Gasteiger partial charge on any atom is 0.524 e. The zero-order valence-corrected chi connectivity index (χ0v) is 56.0. The highest BCUT2D eigenvalue weighted by Gasteiger charge is 2.40. The summed E-state index contributed by atoms with van der Waals surface area (Å²) >= 11 is 14.1. The number of phosphoric acid groups is 1. The van der Waals surface area contributed by atoms with Crippen LogP contribution in [0, 0.1) is 17.8 Å². The quantitative estimate of drug-likeness (QED) is 0.0125. The molecule has 28 heteroatoms. The molecule has 502 valence electrons. The van der Waals surface area contributed by atoms with Crippen molar-refractivity contribution in [3.05, 3.63) is 124 Å². The van der Waals surface area contributed by atoms with E-state index in [1.165, 1.54) is 41.8 Å². The predicted octanol–water partition coefficient (Wildman–Crippen LogP) is 10.0. The van der Waals surface area contributed by atoms with Crippen LogP contribution in [-0.2, 0) is 35.1 Å². The van der Waals surface area contributed by atoms with E-state index in [-0.39, 0.29) is 121 Å². The molecule has 24 nitrogen and oxygen atoms in total. The third-order valence-electron chi connectivity index (χ3n) is 16.6. The Kier molecular flexibility index (Phi) is 24.6. The topological polar surface area (TPSA) is 340 Å². The highest BCUT2D eigenvalue weighted by molar-refractivity contribution is 7.46. The molecule has 0 unspecified atom stereocenters. The maximum absolute atomic E-state index is 14.7. The molecule has 9 N–H and O–H groups in total. The van der Waals surface area contributed by atoms with Crippen molar-refractivity contribution in [2.45, 2.75) is 90.2 Å². The Morgan fingerprint density at radius 2 is 1.22 bits per heavy atom. The second kappa shape index (κ2) is 32.3. The minimum absolute atomic E-state index is 0.0206. The van der Waals surface area contributed by atoms with Gasteiger partial charge in [-0.2, -0.15) is 0 Å². The lowest BCUT2D eigenvalue weighted by molar-refractivity contribution is -0.134. The van der Waals surface area contributed by atoms with Gasteiger partial charge in [0, 0.05) is 124 Å². The van der Waals surface area contributed by atoms with Crippen LogP contribution in [0.2, 0.25) is 0 Å². The van der Waals surface area contributed by atoms with E-state index in [4.69, 9.17) is 48.7 Å². The van der Waals surface area contributed by atoms with Crippen LogP contribution >= 0.6 is 42.4 Å². The molecule has 6 aromatic rings. The summed E-state index contributed by atoms with van der Waals surface area (Å²) in [6, 6.07) is 25.2. The molecular formula is C66H78Cl2N9O15PS. The lowest BCUT2D eigenvalue weighted by Gasteiger charge is -2.26. The Morgan fingerprint density at radius 3 is 1.74 bits per heavy atom. The van der Waals surface area contributed by atoms with E-state index in [9.17, 15) is 57.5 Å². The lowest BCUT2D eigenvalue weighted by atomic mass is 9.88. The number of rotatable bonds is 30. The average Bonchev–Trinajstić information content (AvgIpc) is 1.57. The summed E-state index contributed by atoms with van der Waals surface area (Å²) in [7, 11) is -1.99. The number of phosphoric ester groups is 1. The van der Waals surface area contributed by atoms with Crippen LogP contribution in [0.5, 0.6) is 11.5 Å². The zero-order valence-electron chi connectivity index (χ0n) is 52.8. The maximum atomic E-state index is 14.7. The van der Waals surface area contributed by atoms with Crippen LogP contribution < -0.4 is 46.5 Å². The van der Waals surface area contributed by atoms with Gasteiger partial charge in [0.25, 0.3) is 11.8 Å². The van der Waals surface area contributed by atoms with Gasteiger partial charge in [-0.25, -0.2) is 18.9 Å². The number of thiophene rings is 1. The summed E-state index contributed by atoms with van der Waals surface area (Å²) in [5.41, 5.74) is 14.2. The molecule has 0 saturated carbocycles. The van der Waals surface area contributed by atoms with Crippen molar-refractivity contribution >= 4 is 134 Å². The number of likely N-dealkylation sites (N-methyl/N-ethyl adjacent to an activating group) is 2. The number of halogens is 2. The average molecular weight is 1370 g/mol. The summed E-state index contributed by atoms with van der Waals surface area (Å²) in [6.07, 6.45) is 0.597. The van der Waals surface area contributed by atoms with Gasteiger partial charge >= 0.3 is 26.0 Å². The number of Topliss-reactive ketones (excluding diaryl/α,β-unsaturated/α-hetero) is 2. The number of benzene rings is 5. The third-order valence-corrected chi connectivity index (χ3v) is 18.9. The molecule has 0 aliphatic carbocycles. The Bertz CT molecular complexity index is 3870. The van der Waals surface area contributed by atoms with Gasteiger partial charge < -0.3 is 65.8 Å². The first-order valence-corrected chi connectivity index (χ1v) is 34.2. The number of primary amides is 1. The van der Waals surface area contributed by atoms with E-state index in [0.717, 1.165) is 22.5 Å². The Morgan fingerprint density at radius 1 is 0.702 bits per heavy atom. The molecular weight excluding hydrogens is 1290 g/mol. The molecule has 8 amide bonds. The van der Waals surface area contributed by atoms with E-state index in [1.54, 1.807) is 97.6 Å². The number of carbonyl (C=O) groups excluding carboxylic acids is 9. The van der Waals surface area contributed by atoms with Crippen molar-refractivity contribution in [1.82, 2.24) is 20.4 Å². The fourth-order valence-electron chi connectivity index (χ4n) is 11.8. The smallest absolute Gasteiger partial charge is 0.445 e. The molecule has 2 aliphatic rings. The number of nitrogens with two attached hydrogens (primary N) is 2. The highest BCUT2D eigenvalue weighted by Crippen LogP contribution is 2.50. The van der Waals surface area contributed by atoms with Gasteiger partial charge in [-0.05, 0) is 96.8 Å². The molecule has 5 aromatic carbocycles. The number of hydrogen-bond acceptors (Lipinski definition) is 15. The largest absolute Gasteiger partial charge is 0.524 e. The van der Waals surface area contributed by atoms with Gasteiger partial charge in [0.05, 0.1) is 27.2 Å². The first-order chi connectivity index (χ1) is 44.8. The molecule has 8 rings (SSSR count). The fourth-order valence-corrected chi connectivity index (χ4v) is 13.6. The number of alkyl halides is 2. The number of urea groups is 1. The molecule has 0 spiro atoms. The van der Waals surface area contributed by atoms with Crippen molar-refractivity contribution in [1.29, 1.82) is 0 Å². The molecule has 5 atom stereocenters. The Labute approximate surface area is 558 Å². The van der Waals surface area contributed by atoms with Crippen LogP contribution in [0.4, 0.5) is 31.4 Å². The number of unbranched alkanes of at least 4 members (excludes halogenated alkanes) is 1. The summed E-state index contributed by atoms with van der Waals surface area (Å²) in [5.74, 6) is -4.46. The number of nitrogens with one attached hydrogen (secondary N) is 3. The standard InChI is InChI=1S/C66H78Cl2N9O15PS/c1-38(2)59(73-61(81)41(29-39(3)78)13-10-11-25-69)52(79)30-42(14-12-26-71-64(70)84)60(80)72-45-21-19-40(20-22-45)37-90-65(85)74(4)27-28-75(5)66(86)91-53-31-50-57(48-17-8-6-15-46(48)53)43(33-67)35-76(50)62(82)55-23-24-56(94-55)63(83)77-36-44(34-68)58-49-18-9-7-16-47(49)54(32-51(58)77)92-93(87,88)89/h6-9,15-24,31-32,38,41-44,59H,10-14,25-30,33-37,69H2,1-5H3,(H,72,80)(H,73,81)(H3,70,71,84)(H2,87,88,89)/t41-,42-,43-,44-,59+/m1/s1. The number of ketones is 2. The molecule has 0 bridgehead atoms. The minimum atomic E-state index is -5.00. The van der Waals surface area contributed by atoms with Gasteiger partial charge in [-0.3, -0.25) is 33.8 Å². The van der Waals surface area contributed by atoms with Crippen molar-refractivity contribution < 1.29 is 71.5 Å². The first kappa shape index (κ1) is 71.7. The number of nitrogens with zero attached hydrogens (tertiary/aromatic N) is 4. The number of ether oxygens (including phenoxy) is 2. The molecule has 0 fully saturated rings. The van der Waals surface area contributed by atoms with Crippen molar-refractivity contribution in [2.24, 2.45) is 29.2 Å². The molecule has 2 aliphatic heterocycles.